The highest BCUT2D eigenvalue weighted by atomic mass is 32.1. The minimum Gasteiger partial charge on any atom is -0.360 e. The Bertz CT molecular complexity index is 632. The quantitative estimate of drug-likeness (QED) is 0.947. The van der Waals surface area contributed by atoms with Crippen LogP contribution in [-0.2, 0) is 4.79 Å². The molecular weight excluding hydrogens is 284 g/mol. The van der Waals surface area contributed by atoms with Gasteiger partial charge in [-0.3, -0.25) is 4.79 Å². The number of carbonyl (C=O) groups is 1. The van der Waals surface area contributed by atoms with Gasteiger partial charge in [0, 0.05) is 18.0 Å². The number of carbonyl (C=O) groups excluding carboxylic acids is 1. The Morgan fingerprint density at radius 2 is 2.05 bits per heavy atom. The molecule has 0 saturated carbocycles. The summed E-state index contributed by atoms with van der Waals surface area (Å²) in [7, 11) is 0. The van der Waals surface area contributed by atoms with Crippen LogP contribution >= 0.6 is 11.3 Å². The van der Waals surface area contributed by atoms with Crippen LogP contribution in [0.1, 0.15) is 30.6 Å². The van der Waals surface area contributed by atoms with Gasteiger partial charge < -0.3 is 10.2 Å². The monoisotopic (exact) mass is 304 g/mol. The summed E-state index contributed by atoms with van der Waals surface area (Å²) in [6.07, 6.45) is 6.26. The molecule has 112 valence electrons. The number of amides is 1. The summed E-state index contributed by atoms with van der Waals surface area (Å²) in [6.45, 7) is 4.13. The zero-order valence-electron chi connectivity index (χ0n) is 12.3. The fourth-order valence-electron chi connectivity index (χ4n) is 2.71. The first-order valence-corrected chi connectivity index (χ1v) is 8.28. The Kier molecular flexibility index (Phi) is 4.34. The van der Waals surface area contributed by atoms with Gasteiger partial charge in [0.1, 0.15) is 17.0 Å². The number of anilines is 1. The predicted molar refractivity (Wildman–Crippen MR) is 85.7 cm³/mol. The van der Waals surface area contributed by atoms with Crippen LogP contribution in [0.3, 0.4) is 0 Å². The maximum absolute atomic E-state index is 12.3. The minimum absolute atomic E-state index is 0.163. The third kappa shape index (κ3) is 3.32. The van der Waals surface area contributed by atoms with Crippen LogP contribution in [0, 0.1) is 6.92 Å². The van der Waals surface area contributed by atoms with E-state index >= 15 is 0 Å². The van der Waals surface area contributed by atoms with E-state index in [2.05, 4.69) is 28.3 Å². The molecule has 0 bridgehead atoms. The van der Waals surface area contributed by atoms with Gasteiger partial charge >= 0.3 is 0 Å². The lowest BCUT2D eigenvalue weighted by Gasteiger charge is -2.20. The number of nitrogens with zero attached hydrogens (tertiary/aromatic N) is 3. The SMILES string of the molecule is Cc1cc2c(NCC(=O)N3CCCCCC3)ncnc2s1. The molecule has 1 aliphatic heterocycles. The van der Waals surface area contributed by atoms with Crippen LogP contribution in [0.5, 0.6) is 0 Å². The summed E-state index contributed by atoms with van der Waals surface area (Å²) < 4.78 is 0. The molecule has 0 aliphatic carbocycles. The van der Waals surface area contributed by atoms with E-state index in [-0.39, 0.29) is 5.91 Å². The van der Waals surface area contributed by atoms with E-state index in [0.29, 0.717) is 6.54 Å². The summed E-state index contributed by atoms with van der Waals surface area (Å²) in [5.41, 5.74) is 0. The van der Waals surface area contributed by atoms with Gasteiger partial charge in [-0.2, -0.15) is 0 Å². The number of nitrogens with one attached hydrogen (secondary N) is 1. The standard InChI is InChI=1S/C15H20N4OS/c1-11-8-12-14(17-10-18-15(12)21-11)16-9-13(20)19-6-4-2-3-5-7-19/h8,10H,2-7,9H2,1H3,(H,16,17,18). The first kappa shape index (κ1) is 14.3. The molecule has 5 nitrogen and oxygen atoms in total. The van der Waals surface area contributed by atoms with Crippen molar-refractivity contribution in [2.75, 3.05) is 25.0 Å². The molecule has 0 unspecified atom stereocenters. The van der Waals surface area contributed by atoms with Crippen molar-refractivity contribution in [3.05, 3.63) is 17.3 Å². The maximum atomic E-state index is 12.3. The Morgan fingerprint density at radius 3 is 2.81 bits per heavy atom. The molecule has 6 heteroatoms. The number of hydrogen-bond donors (Lipinski definition) is 1. The van der Waals surface area contributed by atoms with Gasteiger partial charge in [-0.05, 0) is 25.8 Å². The van der Waals surface area contributed by atoms with Crippen molar-refractivity contribution in [3.8, 4) is 0 Å². The Labute approximate surface area is 128 Å². The molecule has 3 rings (SSSR count). The lowest BCUT2D eigenvalue weighted by molar-refractivity contribution is -0.129. The minimum atomic E-state index is 0.163. The van der Waals surface area contributed by atoms with E-state index in [4.69, 9.17) is 0 Å². The molecular formula is C15H20N4OS. The number of rotatable bonds is 3. The molecule has 0 atom stereocenters. The van der Waals surface area contributed by atoms with E-state index in [0.717, 1.165) is 42.0 Å². The van der Waals surface area contributed by atoms with Gasteiger partial charge in [-0.25, -0.2) is 9.97 Å². The van der Waals surface area contributed by atoms with Crippen molar-refractivity contribution in [1.29, 1.82) is 0 Å². The van der Waals surface area contributed by atoms with E-state index in [1.54, 1.807) is 17.7 Å². The van der Waals surface area contributed by atoms with E-state index in [9.17, 15) is 4.79 Å². The van der Waals surface area contributed by atoms with Gasteiger partial charge in [0.2, 0.25) is 5.91 Å². The average Bonchev–Trinajstić information content (AvgIpc) is 2.70. The number of aryl methyl sites for hydroxylation is 1. The van der Waals surface area contributed by atoms with Crippen LogP contribution in [0.4, 0.5) is 5.82 Å². The normalized spacial score (nSPS) is 16.0. The molecule has 21 heavy (non-hydrogen) atoms. The molecule has 2 aromatic rings. The van der Waals surface area contributed by atoms with Crippen LogP contribution in [0.25, 0.3) is 10.2 Å². The van der Waals surface area contributed by atoms with E-state index in [1.165, 1.54) is 17.7 Å². The molecule has 0 spiro atoms. The number of hydrogen-bond acceptors (Lipinski definition) is 5. The second kappa shape index (κ2) is 6.39. The molecule has 3 heterocycles. The lowest BCUT2D eigenvalue weighted by atomic mass is 10.2. The van der Waals surface area contributed by atoms with Crippen LogP contribution < -0.4 is 5.32 Å². The van der Waals surface area contributed by atoms with Gasteiger partial charge in [0.15, 0.2) is 0 Å². The Hall–Kier alpha value is -1.69. The van der Waals surface area contributed by atoms with Crippen LogP contribution in [0.15, 0.2) is 12.4 Å². The fraction of sp³-hybridized carbons (Fsp3) is 0.533. The van der Waals surface area contributed by atoms with Crippen molar-refractivity contribution < 1.29 is 4.79 Å². The second-order valence-corrected chi connectivity index (χ2v) is 6.68. The first-order valence-electron chi connectivity index (χ1n) is 7.47. The highest BCUT2D eigenvalue weighted by molar-refractivity contribution is 7.18. The van der Waals surface area contributed by atoms with Gasteiger partial charge in [0.05, 0.1) is 11.9 Å². The van der Waals surface area contributed by atoms with Crippen LogP contribution in [0.2, 0.25) is 0 Å². The fourth-order valence-corrected chi connectivity index (χ4v) is 3.56. The summed E-state index contributed by atoms with van der Waals surface area (Å²) in [5.74, 6) is 0.920. The topological polar surface area (TPSA) is 58.1 Å². The molecule has 1 aliphatic rings. The number of thiophene rings is 1. The Morgan fingerprint density at radius 1 is 1.29 bits per heavy atom. The van der Waals surface area contributed by atoms with E-state index in [1.807, 2.05) is 4.90 Å². The largest absolute Gasteiger partial charge is 0.360 e. The Balaban J connectivity index is 1.67. The third-order valence-corrected chi connectivity index (χ3v) is 4.78. The number of fused-ring (bicyclic) bond motifs is 1. The molecule has 1 fully saturated rings. The number of likely N-dealkylation sites (tertiary alicyclic amines) is 1. The van der Waals surface area contributed by atoms with Gasteiger partial charge in [-0.1, -0.05) is 12.8 Å². The zero-order chi connectivity index (χ0) is 14.7. The van der Waals surface area contributed by atoms with Crippen molar-refractivity contribution in [3.63, 3.8) is 0 Å². The maximum Gasteiger partial charge on any atom is 0.241 e. The summed E-state index contributed by atoms with van der Waals surface area (Å²) in [6, 6.07) is 2.07. The van der Waals surface area contributed by atoms with Gasteiger partial charge in [0.25, 0.3) is 0 Å². The second-order valence-electron chi connectivity index (χ2n) is 5.45. The molecule has 1 amide bonds. The summed E-state index contributed by atoms with van der Waals surface area (Å²) in [4.78, 5) is 25.0. The highest BCUT2D eigenvalue weighted by Gasteiger charge is 2.16. The lowest BCUT2D eigenvalue weighted by Crippen LogP contribution is -2.36. The van der Waals surface area contributed by atoms with Crippen molar-refractivity contribution in [2.24, 2.45) is 0 Å². The predicted octanol–water partition coefficient (Wildman–Crippen LogP) is 2.81. The first-order chi connectivity index (χ1) is 10.2. The molecule has 2 aromatic heterocycles. The van der Waals surface area contributed by atoms with Gasteiger partial charge in [-0.15, -0.1) is 11.3 Å². The molecule has 0 aromatic carbocycles. The molecule has 1 saturated heterocycles. The van der Waals surface area contributed by atoms with Crippen molar-refractivity contribution >= 4 is 33.3 Å². The zero-order valence-corrected chi connectivity index (χ0v) is 13.1. The molecule has 1 N–H and O–H groups in total. The third-order valence-electron chi connectivity index (χ3n) is 3.82. The molecule has 0 radical (unpaired) electrons. The van der Waals surface area contributed by atoms with Crippen molar-refractivity contribution in [1.82, 2.24) is 14.9 Å². The average molecular weight is 304 g/mol. The van der Waals surface area contributed by atoms with Crippen LogP contribution in [-0.4, -0.2) is 40.4 Å². The summed E-state index contributed by atoms with van der Waals surface area (Å²) >= 11 is 1.64. The van der Waals surface area contributed by atoms with Crippen molar-refractivity contribution in [2.45, 2.75) is 32.6 Å². The highest BCUT2D eigenvalue weighted by Crippen LogP contribution is 2.27. The summed E-state index contributed by atoms with van der Waals surface area (Å²) in [5, 5.41) is 4.19. The van der Waals surface area contributed by atoms with E-state index < -0.39 is 0 Å². The smallest absolute Gasteiger partial charge is 0.241 e. The number of aromatic nitrogens is 2.